The Bertz CT molecular complexity index is 349. The molecule has 0 aromatic rings. The van der Waals surface area contributed by atoms with Gasteiger partial charge in [0.15, 0.2) is 5.96 Å². The fourth-order valence-electron chi connectivity index (χ4n) is 1.26. The fourth-order valence-corrected chi connectivity index (χ4v) is 1.26. The van der Waals surface area contributed by atoms with E-state index in [-0.39, 0.29) is 18.2 Å². The molecular weight excluding hydrogens is 238 g/mol. The second kappa shape index (κ2) is 8.04. The van der Waals surface area contributed by atoms with Gasteiger partial charge in [-0.1, -0.05) is 0 Å². The average molecular weight is 257 g/mol. The van der Waals surface area contributed by atoms with E-state index >= 15 is 0 Å². The molecule has 2 amide bonds. The number of ketones is 1. The summed E-state index contributed by atoms with van der Waals surface area (Å²) in [4.78, 5) is 36.8. The summed E-state index contributed by atoms with van der Waals surface area (Å²) in [6.45, 7) is 1.63. The van der Waals surface area contributed by atoms with Crippen LogP contribution in [0.4, 0.5) is 0 Å². The Balaban J connectivity index is 4.15. The number of nitrogens with one attached hydrogen (secondary N) is 1. The molecule has 1 atom stereocenters. The van der Waals surface area contributed by atoms with Gasteiger partial charge < -0.3 is 22.5 Å². The predicted octanol–water partition coefficient (Wildman–Crippen LogP) is -2.01. The molecule has 0 aliphatic carbocycles. The molecule has 1 unspecified atom stereocenters. The molecule has 0 aliphatic heterocycles. The SMILES string of the molecule is CC(=O)CC(=O)NC(CCCN=C(N)N)C(N)=O. The molecule has 8 nitrogen and oxygen atoms in total. The van der Waals surface area contributed by atoms with Crippen LogP contribution in [0.25, 0.3) is 0 Å². The van der Waals surface area contributed by atoms with Crippen LogP contribution in [-0.4, -0.2) is 36.1 Å². The van der Waals surface area contributed by atoms with Crippen molar-refractivity contribution >= 4 is 23.6 Å². The van der Waals surface area contributed by atoms with Gasteiger partial charge in [-0.2, -0.15) is 0 Å². The lowest BCUT2D eigenvalue weighted by Crippen LogP contribution is -2.44. The maximum absolute atomic E-state index is 11.3. The Kier molecular flexibility index (Phi) is 7.10. The zero-order valence-corrected chi connectivity index (χ0v) is 10.3. The predicted molar refractivity (Wildman–Crippen MR) is 66.3 cm³/mol. The average Bonchev–Trinajstić information content (AvgIpc) is 2.20. The van der Waals surface area contributed by atoms with Crippen molar-refractivity contribution in [2.45, 2.75) is 32.2 Å². The minimum Gasteiger partial charge on any atom is -0.370 e. The molecule has 18 heavy (non-hydrogen) atoms. The number of aliphatic imine (C=N–C) groups is 1. The van der Waals surface area contributed by atoms with Crippen molar-refractivity contribution in [2.24, 2.45) is 22.2 Å². The summed E-state index contributed by atoms with van der Waals surface area (Å²) in [6, 6.07) is -0.814. The number of amides is 2. The highest BCUT2D eigenvalue weighted by molar-refractivity contribution is 5.98. The largest absolute Gasteiger partial charge is 0.370 e. The molecular formula is C10H19N5O3. The highest BCUT2D eigenvalue weighted by Crippen LogP contribution is 1.98. The highest BCUT2D eigenvalue weighted by Gasteiger charge is 2.18. The number of guanidine groups is 1. The first-order chi connectivity index (χ1) is 8.32. The van der Waals surface area contributed by atoms with Crippen LogP contribution in [0.15, 0.2) is 4.99 Å². The second-order valence-electron chi connectivity index (χ2n) is 3.85. The van der Waals surface area contributed by atoms with Crippen LogP contribution in [0.3, 0.4) is 0 Å². The molecule has 0 aromatic heterocycles. The fraction of sp³-hybridized carbons (Fsp3) is 0.600. The van der Waals surface area contributed by atoms with E-state index in [1.807, 2.05) is 0 Å². The van der Waals surface area contributed by atoms with Gasteiger partial charge in [0, 0.05) is 6.54 Å². The van der Waals surface area contributed by atoms with Crippen LogP contribution < -0.4 is 22.5 Å². The van der Waals surface area contributed by atoms with Crippen molar-refractivity contribution in [3.63, 3.8) is 0 Å². The molecule has 0 heterocycles. The quantitative estimate of drug-likeness (QED) is 0.171. The van der Waals surface area contributed by atoms with E-state index in [1.54, 1.807) is 0 Å². The van der Waals surface area contributed by atoms with Crippen molar-refractivity contribution in [1.29, 1.82) is 0 Å². The third-order valence-electron chi connectivity index (χ3n) is 2.03. The standard InChI is InChI=1S/C10H19N5O3/c1-6(16)5-8(17)15-7(9(11)18)3-2-4-14-10(12)13/h7H,2-5H2,1H3,(H2,11,18)(H,15,17)(H4,12,13,14). The van der Waals surface area contributed by atoms with Gasteiger partial charge >= 0.3 is 0 Å². The molecule has 0 fully saturated rings. The lowest BCUT2D eigenvalue weighted by molar-refractivity contribution is -0.130. The van der Waals surface area contributed by atoms with Gasteiger partial charge in [0.25, 0.3) is 0 Å². The number of carbonyl (C=O) groups is 3. The van der Waals surface area contributed by atoms with Gasteiger partial charge in [-0.25, -0.2) is 0 Å². The lowest BCUT2D eigenvalue weighted by Gasteiger charge is -2.14. The summed E-state index contributed by atoms with van der Waals surface area (Å²) in [5.41, 5.74) is 15.4. The minimum absolute atomic E-state index is 0.0359. The Morgan fingerprint density at radius 3 is 2.28 bits per heavy atom. The molecule has 0 spiro atoms. The molecule has 0 radical (unpaired) electrons. The second-order valence-corrected chi connectivity index (χ2v) is 3.85. The van der Waals surface area contributed by atoms with Crippen molar-refractivity contribution in [3.05, 3.63) is 0 Å². The first-order valence-electron chi connectivity index (χ1n) is 5.46. The van der Waals surface area contributed by atoms with Gasteiger partial charge in [-0.3, -0.25) is 19.4 Å². The first-order valence-corrected chi connectivity index (χ1v) is 5.46. The third kappa shape index (κ3) is 8.08. The molecule has 0 aliphatic rings. The van der Waals surface area contributed by atoms with Crippen LogP contribution in [-0.2, 0) is 14.4 Å². The maximum Gasteiger partial charge on any atom is 0.240 e. The van der Waals surface area contributed by atoms with Crippen LogP contribution in [0.2, 0.25) is 0 Å². The third-order valence-corrected chi connectivity index (χ3v) is 2.03. The van der Waals surface area contributed by atoms with Gasteiger partial charge in [-0.15, -0.1) is 0 Å². The topological polar surface area (TPSA) is 154 Å². The van der Waals surface area contributed by atoms with E-state index in [4.69, 9.17) is 17.2 Å². The highest BCUT2D eigenvalue weighted by atomic mass is 16.2. The Morgan fingerprint density at radius 1 is 1.22 bits per heavy atom. The zero-order valence-electron chi connectivity index (χ0n) is 10.3. The van der Waals surface area contributed by atoms with E-state index in [0.717, 1.165) is 0 Å². The monoisotopic (exact) mass is 257 g/mol. The minimum atomic E-state index is -0.814. The summed E-state index contributed by atoms with van der Waals surface area (Å²) in [5, 5.41) is 2.39. The molecule has 0 saturated heterocycles. The van der Waals surface area contributed by atoms with E-state index in [1.165, 1.54) is 6.92 Å². The Labute approximate surface area is 105 Å². The number of hydrogen-bond donors (Lipinski definition) is 4. The summed E-state index contributed by atoms with van der Waals surface area (Å²) >= 11 is 0. The number of primary amides is 1. The van der Waals surface area contributed by atoms with Crippen LogP contribution in [0.1, 0.15) is 26.2 Å². The molecule has 0 aromatic carbocycles. The molecule has 102 valence electrons. The van der Waals surface area contributed by atoms with Gasteiger partial charge in [0.1, 0.15) is 11.8 Å². The smallest absolute Gasteiger partial charge is 0.240 e. The normalized spacial score (nSPS) is 11.4. The van der Waals surface area contributed by atoms with Crippen molar-refractivity contribution < 1.29 is 14.4 Å². The van der Waals surface area contributed by atoms with Crippen LogP contribution in [0.5, 0.6) is 0 Å². The molecule has 0 rings (SSSR count). The number of rotatable bonds is 8. The Hall–Kier alpha value is -2.12. The van der Waals surface area contributed by atoms with Gasteiger partial charge in [0.05, 0.1) is 6.42 Å². The first kappa shape index (κ1) is 15.9. The zero-order chi connectivity index (χ0) is 14.1. The van der Waals surface area contributed by atoms with E-state index in [9.17, 15) is 14.4 Å². The van der Waals surface area contributed by atoms with Gasteiger partial charge in [-0.05, 0) is 19.8 Å². The number of carbonyl (C=O) groups excluding carboxylic acids is 3. The number of nitrogens with zero attached hydrogens (tertiary/aromatic N) is 1. The Morgan fingerprint density at radius 2 is 1.83 bits per heavy atom. The van der Waals surface area contributed by atoms with Crippen molar-refractivity contribution in [1.82, 2.24) is 5.32 Å². The maximum atomic E-state index is 11.3. The van der Waals surface area contributed by atoms with E-state index < -0.39 is 17.9 Å². The van der Waals surface area contributed by atoms with Gasteiger partial charge in [0.2, 0.25) is 11.8 Å². The summed E-state index contributed by atoms with van der Waals surface area (Å²) in [5.74, 6) is -1.49. The summed E-state index contributed by atoms with van der Waals surface area (Å²) < 4.78 is 0. The van der Waals surface area contributed by atoms with Crippen molar-refractivity contribution in [2.75, 3.05) is 6.54 Å². The van der Waals surface area contributed by atoms with Crippen LogP contribution in [0, 0.1) is 0 Å². The van der Waals surface area contributed by atoms with Crippen LogP contribution >= 0.6 is 0 Å². The lowest BCUT2D eigenvalue weighted by atomic mass is 10.1. The van der Waals surface area contributed by atoms with Crippen molar-refractivity contribution in [3.8, 4) is 0 Å². The number of Topliss-reactive ketones (excluding diaryl/α,β-unsaturated/α-hetero) is 1. The summed E-state index contributed by atoms with van der Waals surface area (Å²) in [6.07, 6.45) is 0.541. The molecule has 0 bridgehead atoms. The van der Waals surface area contributed by atoms with E-state index in [0.29, 0.717) is 19.4 Å². The molecule has 7 N–H and O–H groups in total. The molecule has 8 heteroatoms. The molecule has 0 saturated carbocycles. The summed E-state index contributed by atoms with van der Waals surface area (Å²) in [7, 11) is 0. The number of nitrogens with two attached hydrogens (primary N) is 3. The number of hydrogen-bond acceptors (Lipinski definition) is 4. The van der Waals surface area contributed by atoms with E-state index in [2.05, 4.69) is 10.3 Å².